The predicted molar refractivity (Wildman–Crippen MR) is 67.1 cm³/mol. The number of aliphatic hydroxyl groups excluding tert-OH is 2. The normalized spacial score (nSPS) is 12.2. The van der Waals surface area contributed by atoms with Crippen LogP contribution in [0.2, 0.25) is 0 Å². The van der Waals surface area contributed by atoms with E-state index in [1.807, 2.05) is 0 Å². The molecule has 0 aliphatic rings. The van der Waals surface area contributed by atoms with Crippen LogP contribution in [0.4, 0.5) is 11.4 Å². The van der Waals surface area contributed by atoms with Crippen LogP contribution in [0.15, 0.2) is 16.6 Å². The number of benzene rings is 1. The molecule has 1 rings (SSSR count). The second-order valence-electron chi connectivity index (χ2n) is 3.58. The molecule has 1 atom stereocenters. The first kappa shape index (κ1) is 13.9. The molecule has 0 bridgehead atoms. The minimum absolute atomic E-state index is 0.000336. The second kappa shape index (κ2) is 5.95. The largest absolute Gasteiger partial charge is 0.394 e. The van der Waals surface area contributed by atoms with Gasteiger partial charge in [-0.2, -0.15) is 0 Å². The zero-order chi connectivity index (χ0) is 13.0. The van der Waals surface area contributed by atoms with Gasteiger partial charge in [0.15, 0.2) is 0 Å². The highest BCUT2D eigenvalue weighted by atomic mass is 79.9. The maximum absolute atomic E-state index is 10.8. The molecule has 1 aromatic carbocycles. The number of nitro groups is 1. The Morgan fingerprint density at radius 1 is 1.59 bits per heavy atom. The van der Waals surface area contributed by atoms with E-state index in [2.05, 4.69) is 21.2 Å². The molecule has 0 saturated carbocycles. The molecular formula is C10H13BrN2O4. The lowest BCUT2D eigenvalue weighted by Crippen LogP contribution is -2.23. The first-order valence-electron chi connectivity index (χ1n) is 4.93. The topological polar surface area (TPSA) is 95.6 Å². The average Bonchev–Trinajstić information content (AvgIpc) is 2.29. The van der Waals surface area contributed by atoms with Gasteiger partial charge in [-0.25, -0.2) is 0 Å². The third kappa shape index (κ3) is 3.65. The van der Waals surface area contributed by atoms with Crippen LogP contribution in [-0.4, -0.2) is 34.4 Å². The molecule has 1 aromatic rings. The van der Waals surface area contributed by atoms with Gasteiger partial charge in [0.05, 0.1) is 17.6 Å². The van der Waals surface area contributed by atoms with Crippen LogP contribution in [0.25, 0.3) is 0 Å². The highest BCUT2D eigenvalue weighted by Crippen LogP contribution is 2.30. The van der Waals surface area contributed by atoms with Gasteiger partial charge in [0.1, 0.15) is 0 Å². The van der Waals surface area contributed by atoms with E-state index in [1.54, 1.807) is 13.0 Å². The Morgan fingerprint density at radius 3 is 2.76 bits per heavy atom. The van der Waals surface area contributed by atoms with Crippen LogP contribution in [0.5, 0.6) is 0 Å². The Balaban J connectivity index is 2.91. The second-order valence-corrected chi connectivity index (χ2v) is 4.43. The molecule has 0 aromatic heterocycles. The molecule has 0 amide bonds. The Kier molecular flexibility index (Phi) is 4.86. The molecule has 17 heavy (non-hydrogen) atoms. The van der Waals surface area contributed by atoms with Gasteiger partial charge in [0.2, 0.25) is 0 Å². The highest BCUT2D eigenvalue weighted by molar-refractivity contribution is 9.10. The third-order valence-electron chi connectivity index (χ3n) is 2.27. The molecule has 0 heterocycles. The molecular weight excluding hydrogens is 292 g/mol. The van der Waals surface area contributed by atoms with Crippen molar-refractivity contribution in [2.75, 3.05) is 18.5 Å². The molecule has 0 radical (unpaired) electrons. The number of halogens is 1. The number of hydrogen-bond donors (Lipinski definition) is 3. The van der Waals surface area contributed by atoms with Crippen molar-refractivity contribution in [3.63, 3.8) is 0 Å². The summed E-state index contributed by atoms with van der Waals surface area (Å²) in [5.41, 5.74) is 1.06. The van der Waals surface area contributed by atoms with Crippen molar-refractivity contribution in [1.29, 1.82) is 0 Å². The van der Waals surface area contributed by atoms with E-state index >= 15 is 0 Å². The van der Waals surface area contributed by atoms with Gasteiger partial charge >= 0.3 is 0 Å². The molecule has 3 N–H and O–H groups in total. The lowest BCUT2D eigenvalue weighted by Gasteiger charge is -2.11. The number of rotatable bonds is 5. The molecule has 94 valence electrons. The number of anilines is 1. The molecule has 6 nitrogen and oxygen atoms in total. The van der Waals surface area contributed by atoms with Crippen molar-refractivity contribution >= 4 is 27.3 Å². The van der Waals surface area contributed by atoms with E-state index in [-0.39, 0.29) is 18.8 Å². The Labute approximate surface area is 107 Å². The van der Waals surface area contributed by atoms with E-state index in [1.165, 1.54) is 6.07 Å². The van der Waals surface area contributed by atoms with E-state index in [9.17, 15) is 10.1 Å². The van der Waals surface area contributed by atoms with Gasteiger partial charge in [-0.3, -0.25) is 10.1 Å². The summed E-state index contributed by atoms with van der Waals surface area (Å²) >= 11 is 3.23. The standard InChI is InChI=1S/C10H13BrN2O4/c1-6-9(11)2-7(3-10(6)13(16)17)12-4-8(15)5-14/h2-3,8,12,14-15H,4-5H2,1H3. The molecule has 0 fully saturated rings. The van der Waals surface area contributed by atoms with Gasteiger partial charge in [0, 0.05) is 28.3 Å². The first-order chi connectivity index (χ1) is 7.95. The number of hydrogen-bond acceptors (Lipinski definition) is 5. The summed E-state index contributed by atoms with van der Waals surface area (Å²) in [5, 5.41) is 31.4. The van der Waals surface area contributed by atoms with Gasteiger partial charge in [-0.1, -0.05) is 15.9 Å². The summed E-state index contributed by atoms with van der Waals surface area (Å²) in [4.78, 5) is 10.3. The number of nitrogens with one attached hydrogen (secondary N) is 1. The van der Waals surface area contributed by atoms with E-state index in [0.717, 1.165) is 0 Å². The quantitative estimate of drug-likeness (QED) is 0.565. The molecule has 0 aliphatic heterocycles. The van der Waals surface area contributed by atoms with Crippen molar-refractivity contribution in [3.8, 4) is 0 Å². The zero-order valence-corrected chi connectivity index (χ0v) is 10.8. The van der Waals surface area contributed by atoms with E-state index < -0.39 is 11.0 Å². The Hall–Kier alpha value is -1.18. The monoisotopic (exact) mass is 304 g/mol. The minimum Gasteiger partial charge on any atom is -0.394 e. The van der Waals surface area contributed by atoms with Crippen molar-refractivity contribution < 1.29 is 15.1 Å². The SMILES string of the molecule is Cc1c(Br)cc(NCC(O)CO)cc1[N+](=O)[O-]. The van der Waals surface area contributed by atoms with Gasteiger partial charge in [-0.05, 0) is 13.0 Å². The lowest BCUT2D eigenvalue weighted by atomic mass is 10.2. The Morgan fingerprint density at radius 2 is 2.24 bits per heavy atom. The van der Waals surface area contributed by atoms with Crippen LogP contribution in [-0.2, 0) is 0 Å². The summed E-state index contributed by atoms with van der Waals surface area (Å²) < 4.78 is 0.618. The van der Waals surface area contributed by atoms with Gasteiger partial charge in [-0.15, -0.1) is 0 Å². The fraction of sp³-hybridized carbons (Fsp3) is 0.400. The van der Waals surface area contributed by atoms with Crippen LogP contribution in [0.3, 0.4) is 0 Å². The molecule has 7 heteroatoms. The summed E-state index contributed by atoms with van der Waals surface area (Å²) in [6.45, 7) is 1.42. The number of nitrogens with zero attached hydrogens (tertiary/aromatic N) is 1. The highest BCUT2D eigenvalue weighted by Gasteiger charge is 2.15. The summed E-state index contributed by atoms with van der Waals surface area (Å²) in [7, 11) is 0. The van der Waals surface area contributed by atoms with E-state index in [0.29, 0.717) is 15.7 Å². The van der Waals surface area contributed by atoms with Crippen LogP contribution >= 0.6 is 15.9 Å². The summed E-state index contributed by atoms with van der Waals surface area (Å²) in [6.07, 6.45) is -0.894. The van der Waals surface area contributed by atoms with E-state index in [4.69, 9.17) is 10.2 Å². The predicted octanol–water partition coefficient (Wildman–Crippen LogP) is 1.43. The summed E-state index contributed by atoms with van der Waals surface area (Å²) in [6, 6.07) is 3.08. The minimum atomic E-state index is -0.894. The van der Waals surface area contributed by atoms with Crippen molar-refractivity contribution in [2.24, 2.45) is 0 Å². The number of nitro benzene ring substituents is 1. The van der Waals surface area contributed by atoms with Crippen LogP contribution in [0, 0.1) is 17.0 Å². The molecule has 1 unspecified atom stereocenters. The average molecular weight is 305 g/mol. The van der Waals surface area contributed by atoms with Crippen molar-refractivity contribution in [1.82, 2.24) is 0 Å². The molecule has 0 saturated heterocycles. The third-order valence-corrected chi connectivity index (χ3v) is 3.09. The Bertz CT molecular complexity index is 425. The molecule has 0 spiro atoms. The van der Waals surface area contributed by atoms with Crippen LogP contribution in [0.1, 0.15) is 5.56 Å². The first-order valence-corrected chi connectivity index (χ1v) is 5.72. The fourth-order valence-electron chi connectivity index (χ4n) is 1.26. The zero-order valence-electron chi connectivity index (χ0n) is 9.18. The van der Waals surface area contributed by atoms with Gasteiger partial charge < -0.3 is 15.5 Å². The lowest BCUT2D eigenvalue weighted by molar-refractivity contribution is -0.385. The molecule has 0 aliphatic carbocycles. The number of aliphatic hydroxyl groups is 2. The van der Waals surface area contributed by atoms with Crippen molar-refractivity contribution in [3.05, 3.63) is 32.3 Å². The maximum atomic E-state index is 10.8. The van der Waals surface area contributed by atoms with Crippen molar-refractivity contribution in [2.45, 2.75) is 13.0 Å². The van der Waals surface area contributed by atoms with Gasteiger partial charge in [0.25, 0.3) is 5.69 Å². The van der Waals surface area contributed by atoms with Crippen LogP contribution < -0.4 is 5.32 Å². The smallest absolute Gasteiger partial charge is 0.275 e. The summed E-state index contributed by atoms with van der Waals surface area (Å²) in [5.74, 6) is 0. The fourth-order valence-corrected chi connectivity index (χ4v) is 1.71. The maximum Gasteiger partial charge on any atom is 0.275 e.